The molecule has 0 aliphatic carbocycles. The molecule has 134 valence electrons. The predicted molar refractivity (Wildman–Crippen MR) is 105 cm³/mol. The third-order valence-electron chi connectivity index (χ3n) is 4.71. The molecule has 0 aliphatic heterocycles. The van der Waals surface area contributed by atoms with Crippen LogP contribution in [-0.4, -0.2) is 9.38 Å². The number of imidazole rings is 1. The van der Waals surface area contributed by atoms with E-state index in [1.807, 2.05) is 35.7 Å². The normalized spacial score (nSPS) is 11.6. The van der Waals surface area contributed by atoms with Crippen molar-refractivity contribution >= 4 is 17.2 Å². The summed E-state index contributed by atoms with van der Waals surface area (Å²) >= 11 is 0. The Morgan fingerprint density at radius 1 is 0.852 bits per heavy atom. The molecule has 0 radical (unpaired) electrons. The van der Waals surface area contributed by atoms with Crippen molar-refractivity contribution in [2.45, 2.75) is 20.8 Å². The van der Waals surface area contributed by atoms with Crippen LogP contribution in [0, 0.1) is 26.6 Å². The number of aromatic nitrogens is 2. The second-order valence-electron chi connectivity index (χ2n) is 6.62. The average Bonchev–Trinajstić information content (AvgIpc) is 3.03. The molecule has 0 spiro atoms. The first-order valence-electron chi connectivity index (χ1n) is 8.76. The van der Waals surface area contributed by atoms with Gasteiger partial charge < -0.3 is 0 Å². The molecule has 0 fully saturated rings. The van der Waals surface area contributed by atoms with Crippen LogP contribution < -0.4 is 0 Å². The number of hydrogen-bond donors (Lipinski definition) is 0. The summed E-state index contributed by atoms with van der Waals surface area (Å²) in [5.74, 6) is 0.180. The number of pyridine rings is 1. The number of nitrogens with zero attached hydrogens (tertiary/aromatic N) is 4. The first-order chi connectivity index (χ1) is 13.0. The second-order valence-corrected chi connectivity index (χ2v) is 6.62. The summed E-state index contributed by atoms with van der Waals surface area (Å²) in [4.78, 5) is 4.80. The zero-order chi connectivity index (χ0) is 19.0. The summed E-state index contributed by atoms with van der Waals surface area (Å²) in [7, 11) is 0. The quantitative estimate of drug-likeness (QED) is 0.386. The average molecular weight is 358 g/mol. The van der Waals surface area contributed by atoms with E-state index in [0.717, 1.165) is 22.5 Å². The number of hydrogen-bond acceptors (Lipinski definition) is 3. The summed E-state index contributed by atoms with van der Waals surface area (Å²) in [6.45, 7) is 6.15. The van der Waals surface area contributed by atoms with Crippen molar-refractivity contribution in [3.05, 3.63) is 83.3 Å². The van der Waals surface area contributed by atoms with E-state index in [4.69, 9.17) is 4.98 Å². The molecule has 2 heterocycles. The van der Waals surface area contributed by atoms with Crippen LogP contribution in [0.5, 0.6) is 0 Å². The molecular weight excluding hydrogens is 339 g/mol. The van der Waals surface area contributed by atoms with Gasteiger partial charge in [0.15, 0.2) is 11.6 Å². The Morgan fingerprint density at radius 2 is 1.67 bits per heavy atom. The van der Waals surface area contributed by atoms with Gasteiger partial charge in [0.2, 0.25) is 0 Å². The van der Waals surface area contributed by atoms with Crippen molar-refractivity contribution in [1.82, 2.24) is 9.38 Å². The number of fused-ring (bicyclic) bond motifs is 1. The lowest BCUT2D eigenvalue weighted by Gasteiger charge is -2.04. The van der Waals surface area contributed by atoms with Crippen LogP contribution in [0.25, 0.3) is 16.9 Å². The molecule has 27 heavy (non-hydrogen) atoms. The molecule has 4 aromatic rings. The first-order valence-corrected chi connectivity index (χ1v) is 8.76. The fraction of sp³-hybridized carbons (Fsp3) is 0.136. The molecule has 2 aromatic carbocycles. The topological polar surface area (TPSA) is 42.0 Å². The molecule has 0 amide bonds. The number of aryl methyl sites for hydroxylation is 3. The largest absolute Gasteiger partial charge is 0.282 e. The highest BCUT2D eigenvalue weighted by molar-refractivity contribution is 5.76. The van der Waals surface area contributed by atoms with E-state index in [2.05, 4.69) is 36.2 Å². The molecule has 4 rings (SSSR count). The van der Waals surface area contributed by atoms with E-state index in [1.165, 1.54) is 17.2 Å². The Labute approximate surface area is 157 Å². The highest BCUT2D eigenvalue weighted by atomic mass is 19.1. The van der Waals surface area contributed by atoms with Crippen LogP contribution in [0.1, 0.15) is 16.7 Å². The van der Waals surface area contributed by atoms with Crippen LogP contribution in [0.4, 0.5) is 15.9 Å². The minimum atomic E-state index is -0.404. The fourth-order valence-electron chi connectivity index (χ4n) is 3.00. The SMILES string of the molecule is Cc1ccc(-c2nc3c(C)cccn3c2N=Nc2ccccc2F)cc1C. The lowest BCUT2D eigenvalue weighted by atomic mass is 10.0. The van der Waals surface area contributed by atoms with Crippen molar-refractivity contribution in [2.75, 3.05) is 0 Å². The summed E-state index contributed by atoms with van der Waals surface area (Å²) < 4.78 is 15.8. The Bertz CT molecular complexity index is 1170. The van der Waals surface area contributed by atoms with E-state index in [1.54, 1.807) is 18.2 Å². The van der Waals surface area contributed by atoms with E-state index < -0.39 is 5.82 Å². The van der Waals surface area contributed by atoms with Gasteiger partial charge in [0.05, 0.1) is 0 Å². The van der Waals surface area contributed by atoms with Gasteiger partial charge in [0.25, 0.3) is 0 Å². The summed E-state index contributed by atoms with van der Waals surface area (Å²) in [5.41, 5.74) is 6.14. The van der Waals surface area contributed by atoms with Crippen molar-refractivity contribution in [3.8, 4) is 11.3 Å². The standard InChI is InChI=1S/C22H19FN4/c1-14-10-11-17(13-16(14)3)20-22(26-25-19-9-5-4-8-18(19)23)27-12-6-7-15(2)21(27)24-20/h4-13H,1-3H3. The lowest BCUT2D eigenvalue weighted by Crippen LogP contribution is -1.86. The zero-order valence-corrected chi connectivity index (χ0v) is 15.4. The molecule has 0 saturated heterocycles. The highest BCUT2D eigenvalue weighted by Gasteiger charge is 2.16. The van der Waals surface area contributed by atoms with Crippen molar-refractivity contribution < 1.29 is 4.39 Å². The maximum absolute atomic E-state index is 13.9. The second kappa shape index (κ2) is 6.76. The summed E-state index contributed by atoms with van der Waals surface area (Å²) in [6, 6.07) is 16.5. The van der Waals surface area contributed by atoms with Gasteiger partial charge in [0.1, 0.15) is 17.0 Å². The minimum Gasteiger partial charge on any atom is -0.282 e. The fourth-order valence-corrected chi connectivity index (χ4v) is 3.00. The first kappa shape index (κ1) is 17.1. The smallest absolute Gasteiger partial charge is 0.187 e. The lowest BCUT2D eigenvalue weighted by molar-refractivity contribution is 0.628. The summed E-state index contributed by atoms with van der Waals surface area (Å²) in [5, 5.41) is 8.52. The van der Waals surface area contributed by atoms with E-state index in [-0.39, 0.29) is 5.69 Å². The van der Waals surface area contributed by atoms with Gasteiger partial charge in [-0.3, -0.25) is 4.40 Å². The number of azo groups is 1. The van der Waals surface area contributed by atoms with Gasteiger partial charge in [-0.1, -0.05) is 30.3 Å². The molecule has 0 saturated carbocycles. The molecular formula is C22H19FN4. The van der Waals surface area contributed by atoms with Gasteiger partial charge in [-0.15, -0.1) is 10.2 Å². The highest BCUT2D eigenvalue weighted by Crippen LogP contribution is 2.34. The van der Waals surface area contributed by atoms with E-state index in [0.29, 0.717) is 5.82 Å². The Kier molecular flexibility index (Phi) is 4.28. The van der Waals surface area contributed by atoms with Crippen molar-refractivity contribution in [2.24, 2.45) is 10.2 Å². The minimum absolute atomic E-state index is 0.200. The van der Waals surface area contributed by atoms with Gasteiger partial charge in [-0.2, -0.15) is 0 Å². The van der Waals surface area contributed by atoms with Crippen molar-refractivity contribution in [3.63, 3.8) is 0 Å². The molecule has 0 atom stereocenters. The molecule has 5 heteroatoms. The van der Waals surface area contributed by atoms with Crippen LogP contribution in [0.2, 0.25) is 0 Å². The van der Waals surface area contributed by atoms with Crippen molar-refractivity contribution in [1.29, 1.82) is 0 Å². The molecule has 4 nitrogen and oxygen atoms in total. The maximum atomic E-state index is 13.9. The van der Waals surface area contributed by atoms with Crippen LogP contribution in [0.15, 0.2) is 71.0 Å². The number of halogens is 1. The molecule has 0 unspecified atom stereocenters. The molecule has 0 N–H and O–H groups in total. The van der Waals surface area contributed by atoms with E-state index in [9.17, 15) is 4.39 Å². The Morgan fingerprint density at radius 3 is 2.44 bits per heavy atom. The van der Waals surface area contributed by atoms with Crippen LogP contribution in [-0.2, 0) is 0 Å². The van der Waals surface area contributed by atoms with Crippen LogP contribution in [0.3, 0.4) is 0 Å². The van der Waals surface area contributed by atoms with Gasteiger partial charge >= 0.3 is 0 Å². The third-order valence-corrected chi connectivity index (χ3v) is 4.71. The maximum Gasteiger partial charge on any atom is 0.187 e. The summed E-state index contributed by atoms with van der Waals surface area (Å²) in [6.07, 6.45) is 1.90. The monoisotopic (exact) mass is 358 g/mol. The van der Waals surface area contributed by atoms with E-state index >= 15 is 0 Å². The number of benzene rings is 2. The predicted octanol–water partition coefficient (Wildman–Crippen LogP) is 6.48. The number of rotatable bonds is 3. The zero-order valence-electron chi connectivity index (χ0n) is 15.4. The van der Waals surface area contributed by atoms with Gasteiger partial charge in [-0.25, -0.2) is 9.37 Å². The molecule has 2 aromatic heterocycles. The molecule has 0 bridgehead atoms. The van der Waals surface area contributed by atoms with Gasteiger partial charge in [0, 0.05) is 11.8 Å². The Hall–Kier alpha value is -3.34. The van der Waals surface area contributed by atoms with Crippen LogP contribution >= 0.6 is 0 Å². The Balaban J connectivity index is 1.93. The molecule has 0 aliphatic rings. The third kappa shape index (κ3) is 3.12. The van der Waals surface area contributed by atoms with Gasteiger partial charge in [-0.05, 0) is 61.7 Å².